The Kier molecular flexibility index (Phi) is 4.44. The van der Waals surface area contributed by atoms with Gasteiger partial charge in [0.2, 0.25) is 5.76 Å². The van der Waals surface area contributed by atoms with Crippen LogP contribution < -0.4 is 5.32 Å². The van der Waals surface area contributed by atoms with Gasteiger partial charge in [-0.2, -0.15) is 0 Å². The van der Waals surface area contributed by atoms with Crippen LogP contribution in [0.1, 0.15) is 25.0 Å². The Morgan fingerprint density at radius 1 is 1.21 bits per heavy atom. The molecule has 0 aliphatic carbocycles. The highest BCUT2D eigenvalue weighted by atomic mass is 16.6. The molecule has 0 spiro atoms. The molecule has 19 heavy (non-hydrogen) atoms. The molecule has 1 aliphatic rings. The second-order valence-electron chi connectivity index (χ2n) is 4.31. The summed E-state index contributed by atoms with van der Waals surface area (Å²) >= 11 is 0. The third kappa shape index (κ3) is 3.08. The zero-order chi connectivity index (χ0) is 13.7. The highest BCUT2D eigenvalue weighted by Gasteiger charge is 2.17. The van der Waals surface area contributed by atoms with Crippen LogP contribution in [0.3, 0.4) is 0 Å². The molecule has 1 amide bonds. The Hall–Kier alpha value is -1.97. The topological polar surface area (TPSA) is 47.6 Å². The van der Waals surface area contributed by atoms with Gasteiger partial charge >= 0.3 is 0 Å². The van der Waals surface area contributed by atoms with Crippen molar-refractivity contribution >= 4 is 11.6 Å². The third-order valence-corrected chi connectivity index (χ3v) is 3.11. The fourth-order valence-corrected chi connectivity index (χ4v) is 2.07. The highest BCUT2D eigenvalue weighted by molar-refractivity contribution is 6.03. The summed E-state index contributed by atoms with van der Waals surface area (Å²) in [5, 5.41) is 2.94. The Morgan fingerprint density at radius 2 is 1.89 bits per heavy atom. The summed E-state index contributed by atoms with van der Waals surface area (Å²) in [6, 6.07) is 6.08. The van der Waals surface area contributed by atoms with Crippen molar-refractivity contribution in [2.75, 3.05) is 18.5 Å². The maximum absolute atomic E-state index is 12.1. The Labute approximate surface area is 113 Å². The molecule has 0 radical (unpaired) electrons. The van der Waals surface area contributed by atoms with Gasteiger partial charge in [0.15, 0.2) is 0 Å². The highest BCUT2D eigenvalue weighted by Crippen LogP contribution is 2.23. The molecule has 102 valence electrons. The number of rotatable bonds is 4. The van der Waals surface area contributed by atoms with Gasteiger partial charge in [-0.15, -0.1) is 0 Å². The average molecular weight is 261 g/mol. The molecule has 1 heterocycles. The molecule has 0 unspecified atom stereocenters. The number of ether oxygens (including phenoxy) is 2. The van der Waals surface area contributed by atoms with E-state index in [4.69, 9.17) is 9.47 Å². The minimum atomic E-state index is -0.254. The van der Waals surface area contributed by atoms with Crippen LogP contribution >= 0.6 is 0 Å². The van der Waals surface area contributed by atoms with Crippen LogP contribution in [0, 0.1) is 0 Å². The Balaban J connectivity index is 2.22. The van der Waals surface area contributed by atoms with Gasteiger partial charge in [-0.3, -0.25) is 4.79 Å². The second-order valence-corrected chi connectivity index (χ2v) is 4.31. The summed E-state index contributed by atoms with van der Waals surface area (Å²) in [5.74, 6) is -0.0190. The number of hydrogen-bond acceptors (Lipinski definition) is 3. The predicted molar refractivity (Wildman–Crippen MR) is 73.8 cm³/mol. The van der Waals surface area contributed by atoms with Crippen LogP contribution in [0.25, 0.3) is 0 Å². The molecule has 4 nitrogen and oxygen atoms in total. The number of hydrogen-bond donors (Lipinski definition) is 1. The van der Waals surface area contributed by atoms with Crippen molar-refractivity contribution < 1.29 is 14.3 Å². The van der Waals surface area contributed by atoms with E-state index in [0.717, 1.165) is 29.7 Å². The van der Waals surface area contributed by atoms with Crippen molar-refractivity contribution in [1.29, 1.82) is 0 Å². The largest absolute Gasteiger partial charge is 0.494 e. The maximum atomic E-state index is 12.1. The Morgan fingerprint density at radius 3 is 2.42 bits per heavy atom. The first-order chi connectivity index (χ1) is 9.26. The lowest BCUT2D eigenvalue weighted by molar-refractivity contribution is -0.117. The van der Waals surface area contributed by atoms with Crippen molar-refractivity contribution in [3.05, 3.63) is 41.3 Å². The minimum Gasteiger partial charge on any atom is -0.494 e. The van der Waals surface area contributed by atoms with Crippen LogP contribution in [-0.2, 0) is 27.1 Å². The van der Waals surface area contributed by atoms with Crippen molar-refractivity contribution in [3.63, 3.8) is 0 Å². The summed E-state index contributed by atoms with van der Waals surface area (Å²) in [6.07, 6.45) is 3.12. The molecule has 1 aromatic rings. The molecule has 1 N–H and O–H groups in total. The van der Waals surface area contributed by atoms with Crippen molar-refractivity contribution in [3.8, 4) is 0 Å². The molecule has 0 atom stereocenters. The standard InChI is InChI=1S/C15H19NO3/c1-3-11-6-5-7-12(4-2)14(11)16-15(17)13-10-18-8-9-19-13/h5-7,10H,3-4,8-9H2,1-2H3,(H,16,17). The van der Waals surface area contributed by atoms with E-state index >= 15 is 0 Å². The SMILES string of the molecule is CCc1cccc(CC)c1NC(=O)C1=COCCO1. The number of aryl methyl sites for hydroxylation is 2. The predicted octanol–water partition coefficient (Wildman–Crippen LogP) is 2.64. The van der Waals surface area contributed by atoms with E-state index in [1.54, 1.807) is 0 Å². The normalized spacial score (nSPS) is 14.1. The van der Waals surface area contributed by atoms with Gasteiger partial charge in [0.05, 0.1) is 0 Å². The molecule has 0 bridgehead atoms. The number of carbonyl (C=O) groups is 1. The average Bonchev–Trinajstić information content (AvgIpc) is 2.48. The van der Waals surface area contributed by atoms with Gasteiger partial charge in [0.25, 0.3) is 5.91 Å². The van der Waals surface area contributed by atoms with E-state index in [-0.39, 0.29) is 11.7 Å². The van der Waals surface area contributed by atoms with Gasteiger partial charge in [-0.05, 0) is 24.0 Å². The second kappa shape index (κ2) is 6.27. The third-order valence-electron chi connectivity index (χ3n) is 3.11. The van der Waals surface area contributed by atoms with Gasteiger partial charge in [0.1, 0.15) is 19.5 Å². The quantitative estimate of drug-likeness (QED) is 0.906. The van der Waals surface area contributed by atoms with Crippen molar-refractivity contribution in [2.24, 2.45) is 0 Å². The van der Waals surface area contributed by atoms with E-state index in [1.165, 1.54) is 6.26 Å². The van der Waals surface area contributed by atoms with Crippen LogP contribution in [0.4, 0.5) is 5.69 Å². The van der Waals surface area contributed by atoms with E-state index in [1.807, 2.05) is 18.2 Å². The lowest BCUT2D eigenvalue weighted by Gasteiger charge is -2.18. The van der Waals surface area contributed by atoms with Gasteiger partial charge in [0, 0.05) is 5.69 Å². The zero-order valence-corrected chi connectivity index (χ0v) is 11.4. The maximum Gasteiger partial charge on any atom is 0.294 e. The van der Waals surface area contributed by atoms with Gasteiger partial charge in [-0.25, -0.2) is 0 Å². The first-order valence-corrected chi connectivity index (χ1v) is 6.63. The van der Waals surface area contributed by atoms with E-state index in [9.17, 15) is 4.79 Å². The lowest BCUT2D eigenvalue weighted by atomic mass is 10.0. The lowest BCUT2D eigenvalue weighted by Crippen LogP contribution is -2.22. The summed E-state index contributed by atoms with van der Waals surface area (Å²) in [4.78, 5) is 12.1. The molecule has 0 fully saturated rings. The molecular formula is C15H19NO3. The van der Waals surface area contributed by atoms with Crippen molar-refractivity contribution in [2.45, 2.75) is 26.7 Å². The number of nitrogens with one attached hydrogen (secondary N) is 1. The molecule has 1 aromatic carbocycles. The number of anilines is 1. The van der Waals surface area contributed by atoms with E-state index < -0.39 is 0 Å². The molecule has 0 aromatic heterocycles. The number of amides is 1. The molecule has 2 rings (SSSR count). The van der Waals surface area contributed by atoms with Crippen molar-refractivity contribution in [1.82, 2.24) is 0 Å². The van der Waals surface area contributed by atoms with Crippen LogP contribution in [0.2, 0.25) is 0 Å². The van der Waals surface area contributed by atoms with E-state index in [0.29, 0.717) is 13.2 Å². The number of benzene rings is 1. The number of para-hydroxylation sites is 1. The number of carbonyl (C=O) groups excluding carboxylic acids is 1. The fourth-order valence-electron chi connectivity index (χ4n) is 2.07. The first-order valence-electron chi connectivity index (χ1n) is 6.63. The summed E-state index contributed by atoms with van der Waals surface area (Å²) in [6.45, 7) is 5.05. The molecule has 0 saturated carbocycles. The summed E-state index contributed by atoms with van der Waals surface area (Å²) in [7, 11) is 0. The molecular weight excluding hydrogens is 242 g/mol. The molecule has 1 aliphatic heterocycles. The van der Waals surface area contributed by atoms with Crippen LogP contribution in [0.15, 0.2) is 30.2 Å². The summed E-state index contributed by atoms with van der Waals surface area (Å²) < 4.78 is 10.4. The van der Waals surface area contributed by atoms with E-state index in [2.05, 4.69) is 19.2 Å². The smallest absolute Gasteiger partial charge is 0.294 e. The van der Waals surface area contributed by atoms with Gasteiger partial charge in [-0.1, -0.05) is 32.0 Å². The molecule has 0 saturated heterocycles. The fraction of sp³-hybridized carbons (Fsp3) is 0.400. The first kappa shape index (κ1) is 13.5. The zero-order valence-electron chi connectivity index (χ0n) is 11.4. The Bertz CT molecular complexity index is 472. The van der Waals surface area contributed by atoms with Crippen LogP contribution in [-0.4, -0.2) is 19.1 Å². The van der Waals surface area contributed by atoms with Gasteiger partial charge < -0.3 is 14.8 Å². The minimum absolute atomic E-state index is 0.235. The summed E-state index contributed by atoms with van der Waals surface area (Å²) in [5.41, 5.74) is 3.16. The van der Waals surface area contributed by atoms with Crippen LogP contribution in [0.5, 0.6) is 0 Å². The molecule has 4 heteroatoms. The monoisotopic (exact) mass is 261 g/mol.